The lowest BCUT2D eigenvalue weighted by Gasteiger charge is -2.11. The molecule has 88 valence electrons. The van der Waals surface area contributed by atoms with Crippen LogP contribution in [0.25, 0.3) is 0 Å². The van der Waals surface area contributed by atoms with E-state index in [0.717, 1.165) is 6.42 Å². The largest absolute Gasteiger partial charge is 0.490 e. The van der Waals surface area contributed by atoms with E-state index in [1.54, 1.807) is 18.2 Å². The van der Waals surface area contributed by atoms with E-state index in [-0.39, 0.29) is 0 Å². The van der Waals surface area contributed by atoms with Crippen LogP contribution in [0.5, 0.6) is 11.5 Å². The fraction of sp³-hybridized carbons (Fsp3) is 0.417. The molecule has 0 unspecified atom stereocenters. The van der Waals surface area contributed by atoms with Crippen molar-refractivity contribution in [1.29, 1.82) is 0 Å². The molecule has 0 fully saturated rings. The maximum Gasteiger partial charge on any atom is 0.252 e. The van der Waals surface area contributed by atoms with Crippen molar-refractivity contribution in [2.24, 2.45) is 0 Å². The molecule has 1 aromatic carbocycles. The second-order valence-electron chi connectivity index (χ2n) is 3.22. The molecule has 0 heterocycles. The van der Waals surface area contributed by atoms with E-state index in [1.807, 2.05) is 13.8 Å². The summed E-state index contributed by atoms with van der Waals surface area (Å²) in [7, 11) is 0. The molecule has 0 saturated carbocycles. The maximum atomic E-state index is 11.0. The van der Waals surface area contributed by atoms with Gasteiger partial charge in [0.15, 0.2) is 11.5 Å². The van der Waals surface area contributed by atoms with Gasteiger partial charge >= 0.3 is 0 Å². The van der Waals surface area contributed by atoms with Crippen LogP contribution in [-0.4, -0.2) is 18.5 Å². The molecule has 0 aliphatic rings. The van der Waals surface area contributed by atoms with Gasteiger partial charge in [-0.3, -0.25) is 4.79 Å². The van der Waals surface area contributed by atoms with Gasteiger partial charge in [-0.15, -0.1) is 0 Å². The van der Waals surface area contributed by atoms with Crippen molar-refractivity contribution in [3.05, 3.63) is 23.8 Å². The molecule has 3 nitrogen and oxygen atoms in total. The van der Waals surface area contributed by atoms with Crippen LogP contribution in [0.2, 0.25) is 0 Å². The number of ether oxygens (including phenoxy) is 2. The quantitative estimate of drug-likeness (QED) is 0.719. The number of halogens is 1. The molecule has 0 aliphatic carbocycles. The molecule has 16 heavy (non-hydrogen) atoms. The maximum absolute atomic E-state index is 11.0. The first kappa shape index (κ1) is 12.8. The van der Waals surface area contributed by atoms with Crippen LogP contribution < -0.4 is 9.47 Å². The summed E-state index contributed by atoms with van der Waals surface area (Å²) < 4.78 is 10.9. The summed E-state index contributed by atoms with van der Waals surface area (Å²) in [4.78, 5) is 11.0. The van der Waals surface area contributed by atoms with Gasteiger partial charge in [-0.1, -0.05) is 6.92 Å². The average molecular weight is 243 g/mol. The Morgan fingerprint density at radius 3 is 2.56 bits per heavy atom. The van der Waals surface area contributed by atoms with E-state index < -0.39 is 5.24 Å². The third kappa shape index (κ3) is 3.42. The third-order valence-electron chi connectivity index (χ3n) is 1.93. The van der Waals surface area contributed by atoms with Gasteiger partial charge in [0, 0.05) is 5.56 Å². The minimum absolute atomic E-state index is 0.411. The first-order valence-electron chi connectivity index (χ1n) is 5.28. The van der Waals surface area contributed by atoms with Crippen LogP contribution >= 0.6 is 11.6 Å². The van der Waals surface area contributed by atoms with Gasteiger partial charge < -0.3 is 9.47 Å². The standard InChI is InChI=1S/C12H15ClO3/c1-3-7-16-10-6-5-9(12(13)14)8-11(10)15-4-2/h5-6,8H,3-4,7H2,1-2H3. The summed E-state index contributed by atoms with van der Waals surface area (Å²) >= 11 is 5.40. The van der Waals surface area contributed by atoms with Crippen LogP contribution in [-0.2, 0) is 0 Å². The number of hydrogen-bond acceptors (Lipinski definition) is 3. The van der Waals surface area contributed by atoms with Gasteiger partial charge in [0.1, 0.15) is 0 Å². The van der Waals surface area contributed by atoms with Crippen LogP contribution in [0.1, 0.15) is 30.6 Å². The van der Waals surface area contributed by atoms with Gasteiger partial charge in [-0.05, 0) is 43.1 Å². The minimum Gasteiger partial charge on any atom is -0.490 e. The Kier molecular flexibility index (Phi) is 5.12. The van der Waals surface area contributed by atoms with Gasteiger partial charge in [-0.25, -0.2) is 0 Å². The average Bonchev–Trinajstić information content (AvgIpc) is 2.27. The molecular weight excluding hydrogens is 228 g/mol. The first-order chi connectivity index (χ1) is 7.69. The van der Waals surface area contributed by atoms with Crippen molar-refractivity contribution >= 4 is 16.8 Å². The molecule has 4 heteroatoms. The predicted molar refractivity (Wildman–Crippen MR) is 63.6 cm³/mol. The second-order valence-corrected chi connectivity index (χ2v) is 3.56. The zero-order chi connectivity index (χ0) is 12.0. The highest BCUT2D eigenvalue weighted by Crippen LogP contribution is 2.29. The predicted octanol–water partition coefficient (Wildman–Crippen LogP) is 3.25. The first-order valence-corrected chi connectivity index (χ1v) is 5.66. The Morgan fingerprint density at radius 1 is 1.25 bits per heavy atom. The van der Waals surface area contributed by atoms with E-state index in [2.05, 4.69) is 0 Å². The smallest absolute Gasteiger partial charge is 0.252 e. The molecule has 0 bridgehead atoms. The SMILES string of the molecule is CCCOc1ccc(C(=O)Cl)cc1OCC. The zero-order valence-electron chi connectivity index (χ0n) is 9.46. The van der Waals surface area contributed by atoms with Crippen molar-refractivity contribution in [3.8, 4) is 11.5 Å². The molecule has 0 spiro atoms. The summed E-state index contributed by atoms with van der Waals surface area (Å²) in [5.41, 5.74) is 0.411. The lowest BCUT2D eigenvalue weighted by molar-refractivity contribution is 0.108. The Morgan fingerprint density at radius 2 is 2.00 bits per heavy atom. The van der Waals surface area contributed by atoms with Crippen LogP contribution in [0.15, 0.2) is 18.2 Å². The van der Waals surface area contributed by atoms with Crippen molar-refractivity contribution in [2.75, 3.05) is 13.2 Å². The summed E-state index contributed by atoms with van der Waals surface area (Å²) in [6, 6.07) is 4.93. The molecule has 0 aliphatic heterocycles. The van der Waals surface area contributed by atoms with E-state index in [4.69, 9.17) is 21.1 Å². The molecule has 0 saturated heterocycles. The Balaban J connectivity index is 2.94. The normalized spacial score (nSPS) is 9.94. The third-order valence-corrected chi connectivity index (χ3v) is 2.15. The summed E-state index contributed by atoms with van der Waals surface area (Å²) in [6.07, 6.45) is 0.918. The van der Waals surface area contributed by atoms with Crippen molar-refractivity contribution in [2.45, 2.75) is 20.3 Å². The number of benzene rings is 1. The summed E-state index contributed by atoms with van der Waals surface area (Å²) in [6.45, 7) is 5.03. The van der Waals surface area contributed by atoms with E-state index in [0.29, 0.717) is 30.3 Å². The number of hydrogen-bond donors (Lipinski definition) is 0. The molecular formula is C12H15ClO3. The number of carbonyl (C=O) groups is 1. The van der Waals surface area contributed by atoms with Crippen LogP contribution in [0, 0.1) is 0 Å². The van der Waals surface area contributed by atoms with E-state index >= 15 is 0 Å². The topological polar surface area (TPSA) is 35.5 Å². The number of rotatable bonds is 6. The van der Waals surface area contributed by atoms with Crippen molar-refractivity contribution < 1.29 is 14.3 Å². The highest BCUT2D eigenvalue weighted by Gasteiger charge is 2.09. The second kappa shape index (κ2) is 6.38. The van der Waals surface area contributed by atoms with Crippen LogP contribution in [0.4, 0.5) is 0 Å². The van der Waals surface area contributed by atoms with Gasteiger partial charge in [0.05, 0.1) is 13.2 Å². The fourth-order valence-electron chi connectivity index (χ4n) is 1.23. The van der Waals surface area contributed by atoms with Gasteiger partial charge in [0.2, 0.25) is 0 Å². The molecule has 0 N–H and O–H groups in total. The monoisotopic (exact) mass is 242 g/mol. The Labute approximate surface area is 100 Å². The van der Waals surface area contributed by atoms with Gasteiger partial charge in [-0.2, -0.15) is 0 Å². The molecule has 0 amide bonds. The van der Waals surface area contributed by atoms with Gasteiger partial charge in [0.25, 0.3) is 5.24 Å². The lowest BCUT2D eigenvalue weighted by Crippen LogP contribution is -2.01. The van der Waals surface area contributed by atoms with Crippen molar-refractivity contribution in [1.82, 2.24) is 0 Å². The Bertz CT molecular complexity index is 363. The molecule has 1 aromatic rings. The molecule has 0 atom stereocenters. The Hall–Kier alpha value is -1.22. The van der Waals surface area contributed by atoms with Crippen LogP contribution in [0.3, 0.4) is 0 Å². The summed E-state index contributed by atoms with van der Waals surface area (Å²) in [5, 5.41) is -0.497. The molecule has 0 radical (unpaired) electrons. The number of carbonyl (C=O) groups excluding carboxylic acids is 1. The summed E-state index contributed by atoms with van der Waals surface area (Å²) in [5.74, 6) is 1.20. The highest BCUT2D eigenvalue weighted by atomic mass is 35.5. The lowest BCUT2D eigenvalue weighted by atomic mass is 10.2. The highest BCUT2D eigenvalue weighted by molar-refractivity contribution is 6.67. The fourth-order valence-corrected chi connectivity index (χ4v) is 1.35. The molecule has 1 rings (SSSR count). The molecule has 0 aromatic heterocycles. The minimum atomic E-state index is -0.497. The zero-order valence-corrected chi connectivity index (χ0v) is 10.2. The van der Waals surface area contributed by atoms with E-state index in [9.17, 15) is 4.79 Å². The van der Waals surface area contributed by atoms with E-state index in [1.165, 1.54) is 0 Å². The van der Waals surface area contributed by atoms with Crippen molar-refractivity contribution in [3.63, 3.8) is 0 Å².